The molecule has 0 aliphatic carbocycles. The Labute approximate surface area is 736 Å². The lowest BCUT2D eigenvalue weighted by atomic mass is 9.91. The molecule has 21 nitrogen and oxygen atoms in total. The summed E-state index contributed by atoms with van der Waals surface area (Å²) in [5.41, 5.74) is 18.3. The van der Waals surface area contributed by atoms with Crippen LogP contribution in [0, 0.1) is 23.3 Å². The molecule has 0 atom stereocenters. The van der Waals surface area contributed by atoms with Gasteiger partial charge < -0.3 is 43.6 Å². The Kier molecular flexibility index (Phi) is 41.2. The van der Waals surface area contributed by atoms with Gasteiger partial charge in [-0.25, -0.2) is 17.6 Å². The quantitative estimate of drug-likeness (QED) is 0.0204. The van der Waals surface area contributed by atoms with Crippen LogP contribution in [0.2, 0.25) is 10.0 Å². The Morgan fingerprint density at radius 3 is 1.11 bits per heavy atom. The van der Waals surface area contributed by atoms with Gasteiger partial charge in [-0.1, -0.05) is 101 Å². The van der Waals surface area contributed by atoms with Crippen molar-refractivity contribution in [2.24, 2.45) is 0 Å². The first-order valence-corrected chi connectivity index (χ1v) is 43.2. The second-order valence-corrected chi connectivity index (χ2v) is 32.4. The molecule has 6 N–H and O–H groups in total. The van der Waals surface area contributed by atoms with E-state index < -0.39 is 24.4 Å². The number of nitrogens with zero attached hydrogens (tertiary/aromatic N) is 12. The highest BCUT2D eigenvalue weighted by molar-refractivity contribution is 6.33. The summed E-state index contributed by atoms with van der Waals surface area (Å²) in [6.07, 6.45) is 15.4. The Morgan fingerprint density at radius 1 is 0.403 bits per heavy atom. The van der Waals surface area contributed by atoms with Gasteiger partial charge in [0.2, 0.25) is 0 Å². The summed E-state index contributed by atoms with van der Waals surface area (Å²) in [4.78, 5) is 13.4. The Bertz CT molecular complexity index is 5030. The maximum Gasteiger partial charge on any atom is 0.422 e. The molecule has 1 fully saturated rings. The van der Waals surface area contributed by atoms with Gasteiger partial charge in [-0.3, -0.25) is 30.6 Å². The predicted octanol–water partition coefficient (Wildman–Crippen LogP) is 22.0. The lowest BCUT2D eigenvalue weighted by molar-refractivity contribution is -0.153. The van der Waals surface area contributed by atoms with Crippen molar-refractivity contribution >= 4 is 23.2 Å². The molecular weight excluding hydrogens is 1630 g/mol. The van der Waals surface area contributed by atoms with Crippen molar-refractivity contribution in [2.45, 2.75) is 164 Å². The number of hydrogen-bond donors (Lipinski definition) is 6. The fraction of sp³-hybridized carbons (Fsp3) is 0.426. The van der Waals surface area contributed by atoms with E-state index >= 15 is 0 Å². The van der Waals surface area contributed by atoms with Gasteiger partial charge in [-0.15, -0.1) is 0 Å². The normalized spacial score (nSPS) is 12.3. The van der Waals surface area contributed by atoms with Crippen LogP contribution in [0.25, 0.3) is 67.5 Å². The average molecular weight is 1760 g/mol. The molecule has 12 aromatic rings. The molecule has 30 heteroatoms. The number of rotatable bonds is 35. The van der Waals surface area contributed by atoms with Gasteiger partial charge in [0.15, 0.2) is 18.2 Å². The molecule has 0 spiro atoms. The second-order valence-electron chi connectivity index (χ2n) is 31.6. The van der Waals surface area contributed by atoms with Crippen LogP contribution in [-0.4, -0.2) is 204 Å². The number of hydrogen-bond acceptors (Lipinski definition) is 15. The van der Waals surface area contributed by atoms with E-state index in [0.29, 0.717) is 34.3 Å². The maximum atomic E-state index is 14.1. The SMILES string of the molecule is CCCN(C)Cc1cn[nH]c1-c1cc(F)ccc1Cl.CCCN(C)Cc1cn[nH]c1-c1ccc(C2CCOCC2)cc1.CCCN(C)Cc1cn[nH]c1-c1ccc(Cl)cc1.CCCN(C)Cc1cn[nH]c1-c1ccc(F)cc1F.CCCN(C)Cc1cn[nH]c1-c1ccc(OC(C)C)c(F)c1.CCCN(C)Cc1cn[nH]c1-c1ccc(OCC(F)(F)F)cc1. The van der Waals surface area contributed by atoms with Gasteiger partial charge in [0.25, 0.3) is 0 Å². The van der Waals surface area contributed by atoms with Crippen LogP contribution in [0.1, 0.15) is 152 Å². The summed E-state index contributed by atoms with van der Waals surface area (Å²) in [6.45, 7) is 28.1. The molecule has 0 saturated carbocycles. The number of ether oxygens (including phenoxy) is 3. The van der Waals surface area contributed by atoms with Gasteiger partial charge in [-0.05, 0) is 254 Å². The summed E-state index contributed by atoms with van der Waals surface area (Å²) < 4.78 is 106. The fourth-order valence-electron chi connectivity index (χ4n) is 14.4. The van der Waals surface area contributed by atoms with Gasteiger partial charge in [-0.2, -0.15) is 43.8 Å². The molecule has 0 unspecified atom stereocenters. The first-order valence-electron chi connectivity index (χ1n) is 42.5. The highest BCUT2D eigenvalue weighted by atomic mass is 35.5. The van der Waals surface area contributed by atoms with Crippen molar-refractivity contribution < 1.29 is 44.9 Å². The zero-order valence-electron chi connectivity index (χ0n) is 74.0. The van der Waals surface area contributed by atoms with Crippen molar-refractivity contribution in [1.82, 2.24) is 90.6 Å². The highest BCUT2D eigenvalue weighted by Crippen LogP contribution is 2.35. The molecule has 124 heavy (non-hydrogen) atoms. The minimum atomic E-state index is -4.33. The van der Waals surface area contributed by atoms with E-state index in [-0.39, 0.29) is 29.2 Å². The van der Waals surface area contributed by atoms with E-state index in [0.717, 1.165) is 209 Å². The third-order valence-electron chi connectivity index (χ3n) is 20.1. The molecule has 13 rings (SSSR count). The third kappa shape index (κ3) is 32.2. The van der Waals surface area contributed by atoms with Gasteiger partial charge >= 0.3 is 6.18 Å². The van der Waals surface area contributed by atoms with E-state index in [1.807, 2.05) is 77.7 Å². The lowest BCUT2D eigenvalue weighted by Crippen LogP contribution is -2.19. The van der Waals surface area contributed by atoms with E-state index in [1.54, 1.807) is 49.1 Å². The van der Waals surface area contributed by atoms with E-state index in [2.05, 4.69) is 178 Å². The van der Waals surface area contributed by atoms with E-state index in [1.165, 1.54) is 71.1 Å². The van der Waals surface area contributed by atoms with Crippen LogP contribution >= 0.6 is 23.2 Å². The summed E-state index contributed by atoms with van der Waals surface area (Å²) in [5, 5.41) is 43.7. The smallest absolute Gasteiger partial charge is 0.422 e. The van der Waals surface area contributed by atoms with Gasteiger partial charge in [0.1, 0.15) is 23.2 Å². The maximum absolute atomic E-state index is 14.1. The molecule has 0 radical (unpaired) electrons. The number of nitrogens with one attached hydrogen (secondary N) is 6. The number of aromatic amines is 6. The minimum absolute atomic E-state index is 0.0502. The van der Waals surface area contributed by atoms with Crippen LogP contribution in [0.3, 0.4) is 0 Å². The van der Waals surface area contributed by atoms with Crippen LogP contribution < -0.4 is 9.47 Å². The molecule has 1 aliphatic heterocycles. The summed E-state index contributed by atoms with van der Waals surface area (Å²) >= 11 is 12.0. The summed E-state index contributed by atoms with van der Waals surface area (Å²) in [6, 6.07) is 36.3. The zero-order chi connectivity index (χ0) is 89.7. The largest absolute Gasteiger partial charge is 0.488 e. The highest BCUT2D eigenvalue weighted by Gasteiger charge is 2.29. The average Bonchev–Trinajstić information content (AvgIpc) is 1.66. The summed E-state index contributed by atoms with van der Waals surface area (Å²) in [5.74, 6) is -0.697. The van der Waals surface area contributed by atoms with Crippen molar-refractivity contribution in [2.75, 3.05) is 101 Å². The van der Waals surface area contributed by atoms with Gasteiger partial charge in [0, 0.05) is 119 Å². The molecule has 670 valence electrons. The summed E-state index contributed by atoms with van der Waals surface area (Å²) in [7, 11) is 12.4. The number of halogens is 9. The first kappa shape index (κ1) is 99.4. The van der Waals surface area contributed by atoms with Crippen molar-refractivity contribution in [1.29, 1.82) is 0 Å². The number of H-pyrrole nitrogens is 6. The number of aromatic nitrogens is 12. The number of benzene rings is 6. The molecule has 1 aliphatic rings. The molecular formula is C94H123Cl2F7N18O3. The topological polar surface area (TPSA) is 219 Å². The van der Waals surface area contributed by atoms with Crippen LogP contribution in [0.4, 0.5) is 30.7 Å². The second kappa shape index (κ2) is 51.4. The van der Waals surface area contributed by atoms with E-state index in [9.17, 15) is 30.7 Å². The van der Waals surface area contributed by atoms with Crippen molar-refractivity contribution in [3.05, 3.63) is 237 Å². The van der Waals surface area contributed by atoms with Crippen LogP contribution in [0.15, 0.2) is 165 Å². The Morgan fingerprint density at radius 2 is 0.742 bits per heavy atom. The fourth-order valence-corrected chi connectivity index (χ4v) is 14.7. The zero-order valence-corrected chi connectivity index (χ0v) is 75.5. The standard InChI is InChI=1S/C19H27N3O.C17H24FN3O.C16H20F3N3O.C14H17ClFN3.C14H18ClN3.C14H17F2N3/c1-3-10-22(2)14-18-13-20-21-19(18)17-6-4-15(5-7-17)16-8-11-23-12-9-16;1-5-8-21(4)11-14-10-19-20-17(14)13-6-7-16(15(18)9-13)22-12(2)3;1-3-8-22(2)10-13-9-20-21-15(13)12-4-6-14(7-5-12)23-11-16(17,18)19;1-3-6-19(2)9-10-8-17-18-14(10)12-7-11(16)4-5-13(12)15;1-3-8-18(2)10-12-9-16-17-14(12)11-4-6-13(15)7-5-11;1-3-6-19(2)9-10-8-17-18-14(10)12-5-4-11(15)7-13(12)16/h4-7,13,16H,3,8-12,14H2,1-2H3,(H,20,21);6-7,9-10,12H,5,8,11H2,1-4H3,(H,19,20);4-7,9H,3,8,10-11H2,1-2H3,(H,20,21);4-5,7-8H,3,6,9H2,1-2H3,(H,17,18);4-7,9H,3,8,10H2,1-2H3,(H,16,17);4-5,7-8H,3,6,9H2,1-2H3,(H,17,18). The van der Waals surface area contributed by atoms with Crippen molar-refractivity contribution in [3.63, 3.8) is 0 Å². The van der Waals surface area contributed by atoms with Crippen LogP contribution in [0.5, 0.6) is 11.5 Å². The molecule has 0 amide bonds. The molecule has 6 aromatic carbocycles. The van der Waals surface area contributed by atoms with Crippen LogP contribution in [-0.2, 0) is 44.0 Å². The minimum Gasteiger partial charge on any atom is -0.488 e. The molecule has 1 saturated heterocycles. The Balaban J connectivity index is 0.000000185. The van der Waals surface area contributed by atoms with Crippen molar-refractivity contribution in [3.8, 4) is 79.0 Å². The molecule has 7 heterocycles. The first-order chi connectivity index (χ1) is 59.6. The third-order valence-corrected chi connectivity index (χ3v) is 20.7. The predicted molar refractivity (Wildman–Crippen MR) is 484 cm³/mol. The van der Waals surface area contributed by atoms with Gasteiger partial charge in [0.05, 0.1) is 82.5 Å². The molecule has 6 aromatic heterocycles. The van der Waals surface area contributed by atoms with E-state index in [4.69, 9.17) is 37.4 Å². The molecule has 0 bridgehead atoms. The monoisotopic (exact) mass is 1750 g/mol. The number of alkyl halides is 3. The Hall–Kier alpha value is -10.0. The lowest BCUT2D eigenvalue weighted by Gasteiger charge is -2.22.